The molecule has 0 radical (unpaired) electrons. The molecule has 5 unspecified atom stereocenters. The largest absolute Gasteiger partial charge is 0.497 e. The Morgan fingerprint density at radius 3 is 2.62 bits per heavy atom. The van der Waals surface area contributed by atoms with Gasteiger partial charge in [-0.25, -0.2) is 9.18 Å². The lowest BCUT2D eigenvalue weighted by atomic mass is 10.1. The lowest BCUT2D eigenvalue weighted by molar-refractivity contribution is -0.136. The minimum absolute atomic E-state index is 0.0331. The van der Waals surface area contributed by atoms with Crippen LogP contribution in [0.3, 0.4) is 0 Å². The highest BCUT2D eigenvalue weighted by molar-refractivity contribution is 15.0. The summed E-state index contributed by atoms with van der Waals surface area (Å²) in [6, 6.07) is 4.54. The summed E-state index contributed by atoms with van der Waals surface area (Å²) in [5.74, 6) is -0.820. The van der Waals surface area contributed by atoms with E-state index in [0.29, 0.717) is 5.75 Å². The van der Waals surface area contributed by atoms with Crippen molar-refractivity contribution in [3.63, 3.8) is 0 Å². The maximum Gasteiger partial charge on any atom is 0.342 e. The fourth-order valence-corrected chi connectivity index (χ4v) is 3.24. The highest BCUT2D eigenvalue weighted by atomic mass is 128. The van der Waals surface area contributed by atoms with E-state index in [1.54, 1.807) is 6.07 Å². The van der Waals surface area contributed by atoms with Crippen LogP contribution >= 0.6 is 37.2 Å². The van der Waals surface area contributed by atoms with Crippen molar-refractivity contribution in [3.05, 3.63) is 36.2 Å². The van der Waals surface area contributed by atoms with Gasteiger partial charge in [-0.2, -0.15) is 0 Å². The summed E-state index contributed by atoms with van der Waals surface area (Å²) in [5, 5.41) is 22.8. The van der Waals surface area contributed by atoms with E-state index in [1.807, 2.05) is 0 Å². The van der Waals surface area contributed by atoms with Crippen LogP contribution in [-0.2, 0) is 14.3 Å². The van der Waals surface area contributed by atoms with Gasteiger partial charge in [0.05, 0.1) is 20.8 Å². The Hall–Kier alpha value is -1.43. The van der Waals surface area contributed by atoms with E-state index in [1.165, 1.54) is 31.3 Å². The fourth-order valence-electron chi connectivity index (χ4n) is 3.24. The van der Waals surface area contributed by atoms with Gasteiger partial charge >= 0.3 is 5.97 Å². The van der Waals surface area contributed by atoms with Crippen LogP contribution in [0.25, 0.3) is 0 Å². The van der Waals surface area contributed by atoms with Crippen molar-refractivity contribution in [1.29, 1.82) is 0 Å². The first-order valence-corrected chi connectivity index (χ1v) is 15.5. The maximum atomic E-state index is 13.8. The summed E-state index contributed by atoms with van der Waals surface area (Å²) in [6.45, 7) is 2.83. The molecule has 1 amide bonds. The highest BCUT2D eigenvalue weighted by Crippen LogP contribution is 2.29. The molecule has 1 aromatic rings. The molecule has 0 aromatic heterocycles. The van der Waals surface area contributed by atoms with Crippen LogP contribution in [-0.4, -0.2) is 85.1 Å². The van der Waals surface area contributed by atoms with Crippen molar-refractivity contribution >= 4 is 49.1 Å². The summed E-state index contributed by atoms with van der Waals surface area (Å²) in [5.41, 5.74) is 0.135. The van der Waals surface area contributed by atoms with Crippen molar-refractivity contribution in [3.8, 4) is 11.5 Å². The maximum absolute atomic E-state index is 13.8. The van der Waals surface area contributed by atoms with Crippen molar-refractivity contribution in [2.45, 2.75) is 30.7 Å². The lowest BCUT2D eigenvalue weighted by Crippen LogP contribution is -2.56. The molecule has 2 heterocycles. The predicted octanol–water partition coefficient (Wildman–Crippen LogP) is 1.32. The smallest absolute Gasteiger partial charge is 0.342 e. The quantitative estimate of drug-likeness (QED) is 0.302. The number of nitrogens with one attached hydrogen (secondary N) is 1. The van der Waals surface area contributed by atoms with Gasteiger partial charge in [0.1, 0.15) is 47.8 Å². The number of halogens is 3. The number of hydrogen-bond acceptors (Lipinski definition) is 9. The Labute approximate surface area is 207 Å². The summed E-state index contributed by atoms with van der Waals surface area (Å²) in [6.07, 6.45) is -6.96. The van der Waals surface area contributed by atoms with Crippen molar-refractivity contribution in [2.24, 2.45) is 0 Å². The molecule has 1 aromatic carbocycles. The molecule has 10 nitrogen and oxygen atoms in total. The Morgan fingerprint density at radius 2 is 2.00 bits per heavy atom. The van der Waals surface area contributed by atoms with E-state index in [0.717, 1.165) is 0 Å². The van der Waals surface area contributed by atoms with E-state index in [9.17, 15) is 24.2 Å². The minimum atomic E-state index is -1.84. The van der Waals surface area contributed by atoms with E-state index in [4.69, 9.17) is 18.9 Å². The molecule has 178 valence electrons. The van der Waals surface area contributed by atoms with E-state index in [2.05, 4.69) is 49.1 Å². The van der Waals surface area contributed by atoms with Gasteiger partial charge in [-0.05, 0) is 12.1 Å². The molecule has 0 aliphatic carbocycles. The Kier molecular flexibility index (Phi) is 10.2. The molecule has 3 rings (SSSR count). The van der Waals surface area contributed by atoms with Gasteiger partial charge in [-0.15, -0.1) is 0 Å². The molecular weight excluding hydrogens is 657 g/mol. The molecule has 2 aliphatic rings. The number of aliphatic hydroxyl groups excluding tert-OH is 2. The van der Waals surface area contributed by atoms with Crippen molar-refractivity contribution in [1.82, 2.24) is 10.2 Å². The monoisotopic (exact) mass is 680 g/mol. The second-order valence-electron chi connectivity index (χ2n) is 6.77. The minimum Gasteiger partial charge on any atom is -0.497 e. The molecule has 2 aliphatic heterocycles. The number of ether oxygens (including phenoxy) is 4. The van der Waals surface area contributed by atoms with Crippen LogP contribution in [0.4, 0.5) is 4.39 Å². The second-order valence-corrected chi connectivity index (χ2v) is 6.77. The Balaban J connectivity index is 0.00000176. The zero-order chi connectivity index (χ0) is 24.0. The van der Waals surface area contributed by atoms with Gasteiger partial charge in [-0.3, -0.25) is 4.79 Å². The number of alkyl halides is 1. The van der Waals surface area contributed by atoms with Crippen molar-refractivity contribution in [2.75, 3.05) is 27.4 Å². The highest BCUT2D eigenvalue weighted by Gasteiger charge is 2.48. The molecule has 0 spiro atoms. The summed E-state index contributed by atoms with van der Waals surface area (Å²) < 4.78 is 34.8. The average molecular weight is 680 g/mol. The number of benzene rings is 1. The first-order valence-electron chi connectivity index (χ1n) is 9.22. The van der Waals surface area contributed by atoms with Crippen LogP contribution in [0.1, 0.15) is 10.4 Å². The number of methoxy groups -OCH3 is 2. The normalized spacial score (nSPS) is 27.2. The van der Waals surface area contributed by atoms with Gasteiger partial charge in [0.25, 0.3) is 5.91 Å². The predicted molar refractivity (Wildman–Crippen MR) is 127 cm³/mol. The molecule has 2 saturated heterocycles. The van der Waals surface area contributed by atoms with Gasteiger partial charge in [0.15, 0.2) is 12.4 Å². The van der Waals surface area contributed by atoms with Crippen molar-refractivity contribution < 1.29 is 43.1 Å². The SMILES string of the molecule is C=C1NC(=O)C(F)CN1C1OC(COC(=O)c2ccc(OC)cc2OC)C(O)C1O.II. The number of nitrogens with zero attached hydrogens (tertiary/aromatic N) is 1. The zero-order valence-electron chi connectivity index (χ0n) is 17.2. The molecule has 3 N–H and O–H groups in total. The van der Waals surface area contributed by atoms with Crippen LogP contribution in [0.15, 0.2) is 30.6 Å². The number of rotatable bonds is 6. The van der Waals surface area contributed by atoms with Gasteiger partial charge in [0, 0.05) is 43.3 Å². The third kappa shape index (κ3) is 5.92. The number of hydrogen-bond donors (Lipinski definition) is 3. The zero-order valence-corrected chi connectivity index (χ0v) is 21.5. The van der Waals surface area contributed by atoms with E-state index < -0.39 is 49.1 Å². The van der Waals surface area contributed by atoms with Gasteiger partial charge in [0.2, 0.25) is 0 Å². The third-order valence-electron chi connectivity index (χ3n) is 4.91. The third-order valence-corrected chi connectivity index (χ3v) is 4.91. The average Bonchev–Trinajstić information content (AvgIpc) is 3.09. The molecule has 5 atom stereocenters. The van der Waals surface area contributed by atoms with Crippen LogP contribution in [0, 0.1) is 0 Å². The summed E-state index contributed by atoms with van der Waals surface area (Å²) in [7, 11) is 2.86. The second kappa shape index (κ2) is 12.2. The summed E-state index contributed by atoms with van der Waals surface area (Å²) in [4.78, 5) is 25.0. The number of carbonyl (C=O) groups excluding carboxylic acids is 2. The van der Waals surface area contributed by atoms with Gasteiger partial charge < -0.3 is 39.4 Å². The number of esters is 1. The first kappa shape index (κ1) is 26.8. The molecule has 0 bridgehead atoms. The lowest BCUT2D eigenvalue weighted by Gasteiger charge is -2.37. The number of amides is 1. The Bertz CT molecular complexity index is 846. The van der Waals surface area contributed by atoms with Crippen LogP contribution in [0.2, 0.25) is 0 Å². The standard InChI is InChI=1S/C19H23FN2O8.I2/c1-9-21-17(25)12(20)7-22(9)18-16(24)15(23)14(30-18)8-29-19(26)11-5-4-10(27-2)6-13(11)28-3;1-2/h4-6,12,14-16,18,23-24H,1,7-8H2,2-3H3,(H,21,25);. The van der Waals surface area contributed by atoms with Crippen LogP contribution in [0.5, 0.6) is 11.5 Å². The molecule has 13 heteroatoms. The number of aliphatic hydroxyl groups is 2. The van der Waals surface area contributed by atoms with Crippen LogP contribution < -0.4 is 14.8 Å². The molecular formula is C19H23FI2N2O8. The van der Waals surface area contributed by atoms with Gasteiger partial charge in [-0.1, -0.05) is 6.58 Å². The summed E-state index contributed by atoms with van der Waals surface area (Å²) >= 11 is 4.24. The van der Waals surface area contributed by atoms with E-state index in [-0.39, 0.29) is 23.7 Å². The fraction of sp³-hybridized carbons (Fsp3) is 0.474. The molecule has 2 fully saturated rings. The molecule has 0 saturated carbocycles. The van der Waals surface area contributed by atoms with E-state index >= 15 is 0 Å². The number of carbonyl (C=O) groups is 2. The molecule has 32 heavy (non-hydrogen) atoms. The topological polar surface area (TPSA) is 127 Å². The Morgan fingerprint density at radius 1 is 1.31 bits per heavy atom. The first-order chi connectivity index (χ1) is 15.3.